The summed E-state index contributed by atoms with van der Waals surface area (Å²) in [6, 6.07) is 3.74. The number of ketones is 1. The van der Waals surface area contributed by atoms with Gasteiger partial charge in [-0.25, -0.2) is 0 Å². The van der Waals surface area contributed by atoms with Crippen LogP contribution in [0.1, 0.15) is 40.2 Å². The van der Waals surface area contributed by atoms with Gasteiger partial charge >= 0.3 is 0 Å². The van der Waals surface area contributed by atoms with Crippen molar-refractivity contribution in [1.82, 2.24) is 9.80 Å². The lowest BCUT2D eigenvalue weighted by Gasteiger charge is -2.35. The zero-order chi connectivity index (χ0) is 17.8. The van der Waals surface area contributed by atoms with Crippen LogP contribution in [0.4, 0.5) is 0 Å². The molecule has 1 aromatic heterocycles. The van der Waals surface area contributed by atoms with E-state index in [1.807, 2.05) is 19.1 Å². The van der Waals surface area contributed by atoms with Gasteiger partial charge in [-0.1, -0.05) is 0 Å². The van der Waals surface area contributed by atoms with Gasteiger partial charge in [0, 0.05) is 50.5 Å². The highest BCUT2D eigenvalue weighted by atomic mass is 32.1. The molecule has 2 amide bonds. The second-order valence-corrected chi connectivity index (χ2v) is 7.83. The van der Waals surface area contributed by atoms with Crippen molar-refractivity contribution in [3.8, 4) is 0 Å². The summed E-state index contributed by atoms with van der Waals surface area (Å²) in [7, 11) is 0. The Morgan fingerprint density at radius 3 is 2.44 bits per heavy atom. The molecule has 3 heterocycles. The van der Waals surface area contributed by atoms with Gasteiger partial charge in [-0.15, -0.1) is 11.3 Å². The fraction of sp³-hybridized carbons (Fsp3) is 0.611. The summed E-state index contributed by atoms with van der Waals surface area (Å²) >= 11 is 1.47. The molecule has 0 aliphatic carbocycles. The molecule has 1 atom stereocenters. The van der Waals surface area contributed by atoms with Gasteiger partial charge in [0.05, 0.1) is 4.88 Å². The van der Waals surface area contributed by atoms with Crippen molar-refractivity contribution in [1.29, 1.82) is 0 Å². The molecule has 1 aromatic rings. The van der Waals surface area contributed by atoms with Crippen LogP contribution in [0.3, 0.4) is 0 Å². The Hall–Kier alpha value is -1.73. The first kappa shape index (κ1) is 18.1. The van der Waals surface area contributed by atoms with Gasteiger partial charge in [0.2, 0.25) is 5.91 Å². The SMILES string of the molecule is Cc1ccc(C(=O)CCC(=O)N2CCN(C(=O)C3CCCO3)CC2)s1. The van der Waals surface area contributed by atoms with Crippen LogP contribution in [0.2, 0.25) is 0 Å². The number of piperazine rings is 1. The number of carbonyl (C=O) groups is 3. The molecule has 2 aliphatic rings. The molecule has 0 bridgehead atoms. The number of aryl methyl sites for hydroxylation is 1. The molecule has 0 radical (unpaired) electrons. The van der Waals surface area contributed by atoms with Gasteiger partial charge in [0.15, 0.2) is 5.78 Å². The molecule has 136 valence electrons. The Morgan fingerprint density at radius 2 is 1.84 bits per heavy atom. The third-order valence-corrected chi connectivity index (χ3v) is 5.77. The number of nitrogens with zero attached hydrogens (tertiary/aromatic N) is 2. The third-order valence-electron chi connectivity index (χ3n) is 4.73. The fourth-order valence-corrected chi connectivity index (χ4v) is 4.07. The summed E-state index contributed by atoms with van der Waals surface area (Å²) in [5.74, 6) is 0.0670. The Morgan fingerprint density at radius 1 is 1.12 bits per heavy atom. The first-order valence-corrected chi connectivity index (χ1v) is 9.64. The van der Waals surface area contributed by atoms with E-state index < -0.39 is 0 Å². The quantitative estimate of drug-likeness (QED) is 0.748. The Labute approximate surface area is 151 Å². The predicted molar refractivity (Wildman–Crippen MR) is 94.8 cm³/mol. The Bertz CT molecular complexity index is 643. The number of hydrogen-bond donors (Lipinski definition) is 0. The maximum Gasteiger partial charge on any atom is 0.251 e. The first-order chi connectivity index (χ1) is 12.0. The lowest BCUT2D eigenvalue weighted by Crippen LogP contribution is -2.52. The molecule has 0 spiro atoms. The minimum atomic E-state index is -0.297. The first-order valence-electron chi connectivity index (χ1n) is 8.82. The van der Waals surface area contributed by atoms with Crippen LogP contribution in [0, 0.1) is 6.92 Å². The smallest absolute Gasteiger partial charge is 0.251 e. The van der Waals surface area contributed by atoms with Gasteiger partial charge < -0.3 is 14.5 Å². The van der Waals surface area contributed by atoms with Crippen LogP contribution < -0.4 is 0 Å². The highest BCUT2D eigenvalue weighted by Gasteiger charge is 2.31. The predicted octanol–water partition coefficient (Wildman–Crippen LogP) is 1.87. The van der Waals surface area contributed by atoms with Gasteiger partial charge in [-0.05, 0) is 31.9 Å². The molecule has 6 nitrogen and oxygen atoms in total. The van der Waals surface area contributed by atoms with Crippen LogP contribution in [0.25, 0.3) is 0 Å². The van der Waals surface area contributed by atoms with Gasteiger partial charge in [-0.3, -0.25) is 14.4 Å². The molecular weight excluding hydrogens is 340 g/mol. The number of carbonyl (C=O) groups excluding carboxylic acids is 3. The summed E-state index contributed by atoms with van der Waals surface area (Å²) in [6.45, 7) is 4.77. The summed E-state index contributed by atoms with van der Waals surface area (Å²) in [6.07, 6.45) is 1.91. The van der Waals surface area contributed by atoms with Gasteiger partial charge in [0.25, 0.3) is 5.91 Å². The lowest BCUT2D eigenvalue weighted by molar-refractivity contribution is -0.146. The molecule has 2 aliphatic heterocycles. The zero-order valence-corrected chi connectivity index (χ0v) is 15.3. The maximum absolute atomic E-state index is 12.3. The van der Waals surface area contributed by atoms with Crippen molar-refractivity contribution in [3.63, 3.8) is 0 Å². The number of amides is 2. The molecule has 25 heavy (non-hydrogen) atoms. The van der Waals surface area contributed by atoms with Crippen molar-refractivity contribution in [2.75, 3.05) is 32.8 Å². The van der Waals surface area contributed by atoms with E-state index in [-0.39, 0.29) is 36.5 Å². The minimum absolute atomic E-state index is 0.00848. The summed E-state index contributed by atoms with van der Waals surface area (Å²) < 4.78 is 5.44. The standard InChI is InChI=1S/C18H24N2O4S/c1-13-4-6-16(25-13)14(21)5-7-17(22)19-8-10-20(11-9-19)18(23)15-3-2-12-24-15/h4,6,15H,2-3,5,7-12H2,1H3. The average Bonchev–Trinajstić information content (AvgIpc) is 3.30. The van der Waals surface area contributed by atoms with Crippen LogP contribution in [0.15, 0.2) is 12.1 Å². The van der Waals surface area contributed by atoms with Crippen molar-refractivity contribution in [3.05, 3.63) is 21.9 Å². The molecule has 3 rings (SSSR count). The number of thiophene rings is 1. The van der Waals surface area contributed by atoms with Crippen molar-refractivity contribution in [2.24, 2.45) is 0 Å². The van der Waals surface area contributed by atoms with Gasteiger partial charge in [0.1, 0.15) is 6.10 Å². The van der Waals surface area contributed by atoms with Crippen LogP contribution in [-0.2, 0) is 14.3 Å². The topological polar surface area (TPSA) is 66.9 Å². The Kier molecular flexibility index (Phi) is 5.86. The Balaban J connectivity index is 1.42. The fourth-order valence-electron chi connectivity index (χ4n) is 3.24. The molecule has 0 N–H and O–H groups in total. The summed E-state index contributed by atoms with van der Waals surface area (Å²) in [5, 5.41) is 0. The van der Waals surface area contributed by atoms with E-state index in [1.165, 1.54) is 11.3 Å². The summed E-state index contributed by atoms with van der Waals surface area (Å²) in [4.78, 5) is 42.1. The van der Waals surface area contributed by atoms with Crippen molar-refractivity contribution in [2.45, 2.75) is 38.7 Å². The number of rotatable bonds is 5. The third kappa shape index (κ3) is 4.46. The molecule has 2 saturated heterocycles. The zero-order valence-electron chi connectivity index (χ0n) is 14.5. The monoisotopic (exact) mass is 364 g/mol. The van der Waals surface area contributed by atoms with E-state index >= 15 is 0 Å². The molecule has 2 fully saturated rings. The average molecular weight is 364 g/mol. The largest absolute Gasteiger partial charge is 0.368 e. The van der Waals surface area contributed by atoms with Crippen LogP contribution in [-0.4, -0.2) is 66.3 Å². The second-order valence-electron chi connectivity index (χ2n) is 6.54. The van der Waals surface area contributed by atoms with Crippen LogP contribution >= 0.6 is 11.3 Å². The molecule has 1 unspecified atom stereocenters. The van der Waals surface area contributed by atoms with E-state index in [2.05, 4.69) is 0 Å². The van der Waals surface area contributed by atoms with E-state index in [0.717, 1.165) is 22.6 Å². The van der Waals surface area contributed by atoms with Crippen LogP contribution in [0.5, 0.6) is 0 Å². The van der Waals surface area contributed by atoms with E-state index in [0.29, 0.717) is 32.8 Å². The summed E-state index contributed by atoms with van der Waals surface area (Å²) in [5.41, 5.74) is 0. The van der Waals surface area contributed by atoms with E-state index in [4.69, 9.17) is 4.74 Å². The van der Waals surface area contributed by atoms with E-state index in [1.54, 1.807) is 9.80 Å². The van der Waals surface area contributed by atoms with E-state index in [9.17, 15) is 14.4 Å². The second kappa shape index (κ2) is 8.10. The van der Waals surface area contributed by atoms with Crippen molar-refractivity contribution < 1.29 is 19.1 Å². The molecule has 0 aromatic carbocycles. The molecular formula is C18H24N2O4S. The minimum Gasteiger partial charge on any atom is -0.368 e. The van der Waals surface area contributed by atoms with Crippen molar-refractivity contribution >= 4 is 28.9 Å². The highest BCUT2D eigenvalue weighted by molar-refractivity contribution is 7.14. The number of Topliss-reactive ketones (excluding diaryl/α,β-unsaturated/α-hetero) is 1. The number of ether oxygens (including phenoxy) is 1. The van der Waals surface area contributed by atoms with Gasteiger partial charge in [-0.2, -0.15) is 0 Å². The lowest BCUT2D eigenvalue weighted by atomic mass is 10.1. The highest BCUT2D eigenvalue weighted by Crippen LogP contribution is 2.19. The molecule has 7 heteroatoms. The molecule has 0 saturated carbocycles. The normalized spacial score (nSPS) is 20.8. The number of hydrogen-bond acceptors (Lipinski definition) is 5. The maximum atomic E-state index is 12.3.